The standard InChI is InChI=1S/C18H20N2O4S/c21-16(22)8-11-24-14-6-4-13(5-7-14)12-15-17(23)19-18(25-15)20-9-2-1-3-10-20/h4-7,12H,1-3,8-11H2,(H,21,22). The number of carboxylic acid groups (broad SMARTS) is 1. The molecule has 2 aliphatic heterocycles. The van der Waals surface area contributed by atoms with E-state index in [0.29, 0.717) is 10.7 Å². The second-order valence-electron chi connectivity index (χ2n) is 5.92. The van der Waals surface area contributed by atoms with Crippen LogP contribution in [0.5, 0.6) is 5.75 Å². The second kappa shape index (κ2) is 8.20. The van der Waals surface area contributed by atoms with Gasteiger partial charge < -0.3 is 14.7 Å². The number of carboxylic acids is 1. The lowest BCUT2D eigenvalue weighted by Gasteiger charge is -2.27. The monoisotopic (exact) mass is 360 g/mol. The number of carbonyl (C=O) groups excluding carboxylic acids is 1. The maximum atomic E-state index is 12.1. The molecular formula is C18H20N2O4S. The van der Waals surface area contributed by atoms with E-state index >= 15 is 0 Å². The number of thioether (sulfide) groups is 1. The van der Waals surface area contributed by atoms with Gasteiger partial charge in [0.15, 0.2) is 5.17 Å². The van der Waals surface area contributed by atoms with Crippen LogP contribution in [0, 0.1) is 0 Å². The molecule has 25 heavy (non-hydrogen) atoms. The highest BCUT2D eigenvalue weighted by Crippen LogP contribution is 2.31. The molecule has 0 radical (unpaired) electrons. The third kappa shape index (κ3) is 4.85. The number of carbonyl (C=O) groups is 2. The first-order valence-electron chi connectivity index (χ1n) is 8.34. The molecule has 1 amide bonds. The van der Waals surface area contributed by atoms with Gasteiger partial charge >= 0.3 is 5.97 Å². The number of amidine groups is 1. The van der Waals surface area contributed by atoms with Crippen LogP contribution in [0.15, 0.2) is 34.2 Å². The molecule has 1 N–H and O–H groups in total. The number of nitrogens with zero attached hydrogens (tertiary/aromatic N) is 2. The van der Waals surface area contributed by atoms with Gasteiger partial charge in [-0.05, 0) is 54.8 Å². The highest BCUT2D eigenvalue weighted by molar-refractivity contribution is 8.18. The van der Waals surface area contributed by atoms with E-state index in [2.05, 4.69) is 9.89 Å². The van der Waals surface area contributed by atoms with Gasteiger partial charge in [0.25, 0.3) is 5.91 Å². The zero-order chi connectivity index (χ0) is 17.6. The summed E-state index contributed by atoms with van der Waals surface area (Å²) in [4.78, 5) is 29.6. The van der Waals surface area contributed by atoms with E-state index in [1.165, 1.54) is 18.2 Å². The predicted molar refractivity (Wildman–Crippen MR) is 97.6 cm³/mol. The van der Waals surface area contributed by atoms with Crippen LogP contribution in [-0.4, -0.2) is 46.7 Å². The Bertz CT molecular complexity index is 706. The molecule has 0 aromatic heterocycles. The van der Waals surface area contributed by atoms with Crippen LogP contribution >= 0.6 is 11.8 Å². The van der Waals surface area contributed by atoms with E-state index < -0.39 is 5.97 Å². The van der Waals surface area contributed by atoms with Crippen LogP contribution in [0.25, 0.3) is 6.08 Å². The lowest BCUT2D eigenvalue weighted by molar-refractivity contribution is -0.137. The quantitative estimate of drug-likeness (QED) is 0.813. The number of rotatable bonds is 5. The summed E-state index contributed by atoms with van der Waals surface area (Å²) in [5.74, 6) is -0.464. The van der Waals surface area contributed by atoms with Crippen LogP contribution < -0.4 is 4.74 Å². The van der Waals surface area contributed by atoms with Crippen molar-refractivity contribution in [3.8, 4) is 5.75 Å². The minimum absolute atomic E-state index is 0.0342. The first-order chi connectivity index (χ1) is 12.1. The molecule has 1 saturated heterocycles. The normalized spacial score (nSPS) is 19.2. The molecule has 0 atom stereocenters. The summed E-state index contributed by atoms with van der Waals surface area (Å²) < 4.78 is 5.36. The summed E-state index contributed by atoms with van der Waals surface area (Å²) in [6.07, 6.45) is 5.33. The molecule has 0 bridgehead atoms. The zero-order valence-corrected chi connectivity index (χ0v) is 14.6. The number of amides is 1. The number of hydrogen-bond acceptors (Lipinski definition) is 5. The number of aliphatic carboxylic acids is 1. The van der Waals surface area contributed by atoms with Gasteiger partial charge in [-0.2, -0.15) is 4.99 Å². The summed E-state index contributed by atoms with van der Waals surface area (Å²) in [7, 11) is 0. The number of benzene rings is 1. The van der Waals surface area contributed by atoms with E-state index in [4.69, 9.17) is 9.84 Å². The number of piperidine rings is 1. The summed E-state index contributed by atoms with van der Waals surface area (Å²) in [5.41, 5.74) is 0.886. The van der Waals surface area contributed by atoms with Crippen LogP contribution in [0.1, 0.15) is 31.2 Å². The van der Waals surface area contributed by atoms with Gasteiger partial charge in [0.05, 0.1) is 17.9 Å². The fraction of sp³-hybridized carbons (Fsp3) is 0.389. The SMILES string of the molecule is O=C(O)CCOc1ccc(C=C2SC(N3CCCCC3)=NC2=O)cc1. The summed E-state index contributed by atoms with van der Waals surface area (Å²) >= 11 is 1.43. The highest BCUT2D eigenvalue weighted by Gasteiger charge is 2.26. The molecule has 1 aromatic carbocycles. The Hall–Kier alpha value is -2.28. The first kappa shape index (κ1) is 17.5. The minimum Gasteiger partial charge on any atom is -0.493 e. The smallest absolute Gasteiger partial charge is 0.306 e. The van der Waals surface area contributed by atoms with Crippen molar-refractivity contribution in [3.63, 3.8) is 0 Å². The summed E-state index contributed by atoms with van der Waals surface area (Å²) in [5, 5.41) is 9.41. The van der Waals surface area contributed by atoms with Crippen molar-refractivity contribution in [2.75, 3.05) is 19.7 Å². The molecule has 132 valence electrons. The number of likely N-dealkylation sites (tertiary alicyclic amines) is 1. The average molecular weight is 360 g/mol. The van der Waals surface area contributed by atoms with Crippen molar-refractivity contribution in [3.05, 3.63) is 34.7 Å². The van der Waals surface area contributed by atoms with Gasteiger partial charge in [-0.3, -0.25) is 9.59 Å². The average Bonchev–Trinajstić information content (AvgIpc) is 2.98. The fourth-order valence-corrected chi connectivity index (χ4v) is 3.65. The molecule has 6 nitrogen and oxygen atoms in total. The Morgan fingerprint density at radius 1 is 1.24 bits per heavy atom. The van der Waals surface area contributed by atoms with E-state index in [1.807, 2.05) is 18.2 Å². The van der Waals surface area contributed by atoms with E-state index in [9.17, 15) is 9.59 Å². The topological polar surface area (TPSA) is 79.2 Å². The molecule has 1 fully saturated rings. The van der Waals surface area contributed by atoms with Gasteiger partial charge in [0.2, 0.25) is 0 Å². The van der Waals surface area contributed by atoms with Crippen molar-refractivity contribution in [2.24, 2.45) is 4.99 Å². The third-order valence-corrected chi connectivity index (χ3v) is 5.04. The molecular weight excluding hydrogens is 340 g/mol. The Labute approximate surface area is 150 Å². The Kier molecular flexibility index (Phi) is 5.75. The van der Waals surface area contributed by atoms with Gasteiger partial charge in [-0.15, -0.1) is 0 Å². The van der Waals surface area contributed by atoms with Gasteiger partial charge in [0, 0.05) is 13.1 Å². The molecule has 3 rings (SSSR count). The van der Waals surface area contributed by atoms with Crippen molar-refractivity contribution in [1.82, 2.24) is 4.90 Å². The van der Waals surface area contributed by atoms with Gasteiger partial charge in [-0.1, -0.05) is 12.1 Å². The number of aliphatic imine (C=N–C) groups is 1. The van der Waals surface area contributed by atoms with E-state index in [0.717, 1.165) is 36.7 Å². The van der Waals surface area contributed by atoms with Crippen molar-refractivity contribution in [2.45, 2.75) is 25.7 Å². The van der Waals surface area contributed by atoms with Crippen molar-refractivity contribution in [1.29, 1.82) is 0 Å². The van der Waals surface area contributed by atoms with Crippen LogP contribution in [0.4, 0.5) is 0 Å². The first-order valence-corrected chi connectivity index (χ1v) is 9.15. The van der Waals surface area contributed by atoms with Crippen molar-refractivity contribution < 1.29 is 19.4 Å². The fourth-order valence-electron chi connectivity index (χ4n) is 2.69. The Balaban J connectivity index is 1.59. The number of ether oxygens (including phenoxy) is 1. The van der Waals surface area contributed by atoms with Gasteiger partial charge in [0.1, 0.15) is 5.75 Å². The molecule has 7 heteroatoms. The third-order valence-electron chi connectivity index (χ3n) is 4.00. The van der Waals surface area contributed by atoms with Crippen LogP contribution in [0.3, 0.4) is 0 Å². The van der Waals surface area contributed by atoms with Gasteiger partial charge in [-0.25, -0.2) is 0 Å². The summed E-state index contributed by atoms with van der Waals surface area (Å²) in [6.45, 7) is 2.07. The maximum absolute atomic E-state index is 12.1. The highest BCUT2D eigenvalue weighted by atomic mass is 32.2. The molecule has 2 aliphatic rings. The lowest BCUT2D eigenvalue weighted by Crippen LogP contribution is -2.33. The van der Waals surface area contributed by atoms with E-state index in [1.54, 1.807) is 12.1 Å². The Morgan fingerprint density at radius 3 is 2.64 bits per heavy atom. The predicted octanol–water partition coefficient (Wildman–Crippen LogP) is 3.00. The second-order valence-corrected chi connectivity index (χ2v) is 6.93. The largest absolute Gasteiger partial charge is 0.493 e. The van der Waals surface area contributed by atoms with Crippen LogP contribution in [0.2, 0.25) is 0 Å². The van der Waals surface area contributed by atoms with Crippen LogP contribution in [-0.2, 0) is 9.59 Å². The number of hydrogen-bond donors (Lipinski definition) is 1. The Morgan fingerprint density at radius 2 is 1.96 bits per heavy atom. The van der Waals surface area contributed by atoms with E-state index in [-0.39, 0.29) is 18.9 Å². The van der Waals surface area contributed by atoms with Crippen molar-refractivity contribution >= 4 is 34.9 Å². The molecule has 0 unspecified atom stereocenters. The molecule has 0 saturated carbocycles. The molecule has 0 aliphatic carbocycles. The molecule has 1 aromatic rings. The maximum Gasteiger partial charge on any atom is 0.306 e. The minimum atomic E-state index is -0.886. The molecule has 2 heterocycles. The lowest BCUT2D eigenvalue weighted by atomic mass is 10.1. The zero-order valence-electron chi connectivity index (χ0n) is 13.8. The summed E-state index contributed by atoms with van der Waals surface area (Å²) in [6, 6.07) is 7.22. The molecule has 0 spiro atoms.